The number of H-pyrrole nitrogens is 1. The second-order valence-electron chi connectivity index (χ2n) is 4.45. The Hall–Kier alpha value is -2.11. The van der Waals surface area contributed by atoms with E-state index in [0.717, 1.165) is 12.8 Å². The van der Waals surface area contributed by atoms with Crippen LogP contribution in [-0.4, -0.2) is 41.5 Å². The van der Waals surface area contributed by atoms with Gasteiger partial charge in [0.15, 0.2) is 0 Å². The lowest BCUT2D eigenvalue weighted by molar-refractivity contribution is -0.147. The van der Waals surface area contributed by atoms with Crippen molar-refractivity contribution in [1.29, 1.82) is 0 Å². The molecular weight excluding hydrogens is 248 g/mol. The topological polar surface area (TPSA) is 79.5 Å². The van der Waals surface area contributed by atoms with E-state index in [0.29, 0.717) is 13.0 Å². The number of amides is 1. The Morgan fingerprint density at radius 3 is 2.89 bits per heavy atom. The third kappa shape index (κ3) is 2.67. The summed E-state index contributed by atoms with van der Waals surface area (Å²) in [6.45, 7) is 0.465. The van der Waals surface area contributed by atoms with E-state index in [-0.39, 0.29) is 5.56 Å². The average molecular weight is 264 g/mol. The summed E-state index contributed by atoms with van der Waals surface area (Å²) in [5.41, 5.74) is -0.389. The molecule has 1 aromatic rings. The van der Waals surface area contributed by atoms with E-state index in [9.17, 15) is 14.4 Å². The zero-order chi connectivity index (χ0) is 13.8. The average Bonchev–Trinajstić information content (AvgIpc) is 2.46. The summed E-state index contributed by atoms with van der Waals surface area (Å²) in [7, 11) is 1.30. The van der Waals surface area contributed by atoms with Gasteiger partial charge in [-0.3, -0.25) is 9.59 Å². The van der Waals surface area contributed by atoms with Crippen LogP contribution in [0, 0.1) is 0 Å². The maximum Gasteiger partial charge on any atom is 0.328 e. The molecule has 0 aliphatic carbocycles. The van der Waals surface area contributed by atoms with E-state index >= 15 is 0 Å². The van der Waals surface area contributed by atoms with Crippen LogP contribution in [0.15, 0.2) is 23.1 Å². The molecule has 102 valence electrons. The summed E-state index contributed by atoms with van der Waals surface area (Å²) in [6.07, 6.45) is 3.73. The van der Waals surface area contributed by atoms with Gasteiger partial charge in [0.2, 0.25) is 0 Å². The van der Waals surface area contributed by atoms with Gasteiger partial charge < -0.3 is 14.6 Å². The first-order valence-corrected chi connectivity index (χ1v) is 6.21. The number of nitrogens with zero attached hydrogens (tertiary/aromatic N) is 1. The molecule has 2 heterocycles. The molecule has 1 aliphatic rings. The Balaban J connectivity index is 2.28. The highest BCUT2D eigenvalue weighted by molar-refractivity contribution is 5.96. The summed E-state index contributed by atoms with van der Waals surface area (Å²) in [6, 6.07) is 2.46. The SMILES string of the molecule is COC(=O)[C@H]1CCCCN1C(=O)c1ccc[nH]c1=O. The molecule has 19 heavy (non-hydrogen) atoms. The molecule has 1 fully saturated rings. The molecule has 6 nitrogen and oxygen atoms in total. The van der Waals surface area contributed by atoms with E-state index in [2.05, 4.69) is 4.98 Å². The highest BCUT2D eigenvalue weighted by Crippen LogP contribution is 2.19. The second kappa shape index (κ2) is 5.69. The fourth-order valence-corrected chi connectivity index (χ4v) is 2.30. The van der Waals surface area contributed by atoms with Crippen LogP contribution in [-0.2, 0) is 9.53 Å². The fourth-order valence-electron chi connectivity index (χ4n) is 2.30. The van der Waals surface area contributed by atoms with Gasteiger partial charge in [-0.05, 0) is 31.4 Å². The van der Waals surface area contributed by atoms with Crippen LogP contribution in [0.2, 0.25) is 0 Å². The molecule has 1 aromatic heterocycles. The van der Waals surface area contributed by atoms with Gasteiger partial charge in [-0.15, -0.1) is 0 Å². The Morgan fingerprint density at radius 2 is 2.21 bits per heavy atom. The predicted octanol–water partition coefficient (Wildman–Crippen LogP) is 0.543. The molecule has 1 amide bonds. The molecule has 0 bridgehead atoms. The summed E-state index contributed by atoms with van der Waals surface area (Å²) in [5, 5.41) is 0. The van der Waals surface area contributed by atoms with Gasteiger partial charge in [-0.25, -0.2) is 4.79 Å². The van der Waals surface area contributed by atoms with Gasteiger partial charge in [0.25, 0.3) is 11.5 Å². The molecular formula is C13H16N2O4. The maximum absolute atomic E-state index is 12.3. The van der Waals surface area contributed by atoms with E-state index in [4.69, 9.17) is 4.74 Å². The fraction of sp³-hybridized carbons (Fsp3) is 0.462. The van der Waals surface area contributed by atoms with Crippen LogP contribution in [0.1, 0.15) is 29.6 Å². The van der Waals surface area contributed by atoms with Crippen LogP contribution in [0.5, 0.6) is 0 Å². The number of hydrogen-bond donors (Lipinski definition) is 1. The third-order valence-corrected chi connectivity index (χ3v) is 3.29. The Labute approximate surface area is 110 Å². The van der Waals surface area contributed by atoms with Gasteiger partial charge in [0.05, 0.1) is 7.11 Å². The van der Waals surface area contributed by atoms with Crippen molar-refractivity contribution < 1.29 is 14.3 Å². The number of aromatic nitrogens is 1. The number of pyridine rings is 1. The van der Waals surface area contributed by atoms with E-state index in [1.54, 1.807) is 6.07 Å². The van der Waals surface area contributed by atoms with Gasteiger partial charge in [0, 0.05) is 12.7 Å². The van der Waals surface area contributed by atoms with Crippen molar-refractivity contribution in [2.45, 2.75) is 25.3 Å². The predicted molar refractivity (Wildman–Crippen MR) is 67.8 cm³/mol. The number of piperidine rings is 1. The maximum atomic E-state index is 12.3. The van der Waals surface area contributed by atoms with Crippen LogP contribution in [0.25, 0.3) is 0 Å². The number of nitrogens with one attached hydrogen (secondary N) is 1. The number of carbonyl (C=O) groups is 2. The Morgan fingerprint density at radius 1 is 1.42 bits per heavy atom. The lowest BCUT2D eigenvalue weighted by atomic mass is 10.0. The molecule has 0 aromatic carbocycles. The normalized spacial score (nSPS) is 19.0. The molecule has 0 unspecified atom stereocenters. The largest absolute Gasteiger partial charge is 0.467 e. The van der Waals surface area contributed by atoms with E-state index < -0.39 is 23.5 Å². The van der Waals surface area contributed by atoms with Crippen LogP contribution < -0.4 is 5.56 Å². The van der Waals surface area contributed by atoms with Gasteiger partial charge >= 0.3 is 5.97 Å². The number of esters is 1. The van der Waals surface area contributed by atoms with E-state index in [1.807, 2.05) is 0 Å². The van der Waals surface area contributed by atoms with Gasteiger partial charge in [-0.2, -0.15) is 0 Å². The molecule has 6 heteroatoms. The number of ether oxygens (including phenoxy) is 1. The number of likely N-dealkylation sites (tertiary alicyclic amines) is 1. The standard InChI is InChI=1S/C13H16N2O4/c1-19-13(18)10-6-2-3-8-15(10)12(17)9-5-4-7-14-11(9)16/h4-5,7,10H,2-3,6,8H2,1H3,(H,14,16)/t10-/m1/s1. The minimum Gasteiger partial charge on any atom is -0.467 e. The summed E-state index contributed by atoms with van der Waals surface area (Å²) in [4.78, 5) is 39.6. The monoisotopic (exact) mass is 264 g/mol. The van der Waals surface area contributed by atoms with E-state index in [1.165, 1.54) is 24.3 Å². The first-order valence-electron chi connectivity index (χ1n) is 6.21. The Bertz CT molecular complexity index is 537. The molecule has 1 N–H and O–H groups in total. The van der Waals surface area contributed by atoms with Crippen molar-refractivity contribution in [3.05, 3.63) is 34.2 Å². The number of rotatable bonds is 2. The van der Waals surface area contributed by atoms with Crippen LogP contribution in [0.4, 0.5) is 0 Å². The Kier molecular flexibility index (Phi) is 3.99. The molecule has 1 saturated heterocycles. The quantitative estimate of drug-likeness (QED) is 0.791. The molecule has 1 atom stereocenters. The molecule has 0 radical (unpaired) electrons. The summed E-state index contributed by atoms with van der Waals surface area (Å²) < 4.78 is 4.72. The third-order valence-electron chi connectivity index (χ3n) is 3.29. The zero-order valence-electron chi connectivity index (χ0n) is 10.7. The minimum absolute atomic E-state index is 0.0540. The zero-order valence-corrected chi connectivity index (χ0v) is 10.7. The summed E-state index contributed by atoms with van der Waals surface area (Å²) >= 11 is 0. The van der Waals surface area contributed by atoms with Crippen LogP contribution in [0.3, 0.4) is 0 Å². The van der Waals surface area contributed by atoms with Gasteiger partial charge in [-0.1, -0.05) is 0 Å². The van der Waals surface area contributed by atoms with Gasteiger partial charge in [0.1, 0.15) is 11.6 Å². The lowest BCUT2D eigenvalue weighted by Crippen LogP contribution is -2.49. The smallest absolute Gasteiger partial charge is 0.328 e. The molecule has 0 spiro atoms. The highest BCUT2D eigenvalue weighted by Gasteiger charge is 2.34. The van der Waals surface area contributed by atoms with Crippen LogP contribution >= 0.6 is 0 Å². The summed E-state index contributed by atoms with van der Waals surface area (Å²) in [5.74, 6) is -0.850. The molecule has 0 saturated carbocycles. The number of carbonyl (C=O) groups excluding carboxylic acids is 2. The van der Waals surface area contributed by atoms with Crippen molar-refractivity contribution >= 4 is 11.9 Å². The lowest BCUT2D eigenvalue weighted by Gasteiger charge is -2.33. The molecule has 2 rings (SSSR count). The first-order chi connectivity index (χ1) is 9.15. The minimum atomic E-state index is -0.592. The van der Waals surface area contributed by atoms with Crippen molar-refractivity contribution in [3.8, 4) is 0 Å². The molecule has 1 aliphatic heterocycles. The van der Waals surface area contributed by atoms with Crippen molar-refractivity contribution in [3.63, 3.8) is 0 Å². The highest BCUT2D eigenvalue weighted by atomic mass is 16.5. The number of methoxy groups -OCH3 is 1. The first kappa shape index (κ1) is 13.3. The van der Waals surface area contributed by atoms with Crippen molar-refractivity contribution in [2.75, 3.05) is 13.7 Å². The van der Waals surface area contributed by atoms with Crippen molar-refractivity contribution in [1.82, 2.24) is 9.88 Å². The number of aromatic amines is 1. The number of hydrogen-bond acceptors (Lipinski definition) is 4. The second-order valence-corrected chi connectivity index (χ2v) is 4.45. The van der Waals surface area contributed by atoms with Crippen molar-refractivity contribution in [2.24, 2.45) is 0 Å².